The van der Waals surface area contributed by atoms with E-state index >= 15 is 0 Å². The number of nitrogens with one attached hydrogen (secondary N) is 1. The Morgan fingerprint density at radius 1 is 1.12 bits per heavy atom. The Labute approximate surface area is 154 Å². The summed E-state index contributed by atoms with van der Waals surface area (Å²) in [7, 11) is 0. The zero-order chi connectivity index (χ0) is 18.7. The minimum Gasteiger partial charge on any atom is -0.387 e. The number of amides is 1. The van der Waals surface area contributed by atoms with Crippen molar-refractivity contribution in [3.8, 4) is 0 Å². The summed E-state index contributed by atoms with van der Waals surface area (Å²) in [6.07, 6.45) is 1.24. The van der Waals surface area contributed by atoms with Gasteiger partial charge in [-0.05, 0) is 31.2 Å². The zero-order valence-corrected chi connectivity index (χ0v) is 15.3. The van der Waals surface area contributed by atoms with Crippen molar-refractivity contribution in [2.75, 3.05) is 6.54 Å². The summed E-state index contributed by atoms with van der Waals surface area (Å²) >= 11 is 0. The third kappa shape index (κ3) is 4.09. The van der Waals surface area contributed by atoms with Gasteiger partial charge >= 0.3 is 0 Å². The number of hydrogen-bond donors (Lipinski definition) is 5. The van der Waals surface area contributed by atoms with Gasteiger partial charge in [0.1, 0.15) is 30.4 Å². The second-order valence-corrected chi connectivity index (χ2v) is 7.87. The Kier molecular flexibility index (Phi) is 6.29. The lowest BCUT2D eigenvalue weighted by atomic mass is 9.84. The smallest absolute Gasteiger partial charge is 0.228 e. The van der Waals surface area contributed by atoms with E-state index in [1.54, 1.807) is 6.92 Å². The van der Waals surface area contributed by atoms with E-state index < -0.39 is 18.3 Å². The van der Waals surface area contributed by atoms with E-state index in [0.717, 1.165) is 31.2 Å². The molecule has 6 N–H and O–H groups in total. The van der Waals surface area contributed by atoms with Gasteiger partial charge in [0, 0.05) is 0 Å². The summed E-state index contributed by atoms with van der Waals surface area (Å²) < 4.78 is 0. The van der Waals surface area contributed by atoms with Crippen LogP contribution in [0, 0.1) is 5.92 Å². The second-order valence-electron chi connectivity index (χ2n) is 7.87. The van der Waals surface area contributed by atoms with E-state index in [4.69, 9.17) is 0 Å². The van der Waals surface area contributed by atoms with Gasteiger partial charge in [-0.25, -0.2) is 0 Å². The monoisotopic (exact) mass is 363 g/mol. The lowest BCUT2D eigenvalue weighted by molar-refractivity contribution is -0.743. The highest BCUT2D eigenvalue weighted by molar-refractivity contribution is 5.84. The number of hydrogen-bond acceptors (Lipinski definition) is 4. The molecule has 1 aliphatic carbocycles. The maximum Gasteiger partial charge on any atom is 0.228 e. The summed E-state index contributed by atoms with van der Waals surface area (Å²) in [4.78, 5) is 13.0. The maximum atomic E-state index is 13.0. The lowest BCUT2D eigenvalue weighted by Gasteiger charge is -2.37. The molecular formula is C20H31N2O4+. The summed E-state index contributed by atoms with van der Waals surface area (Å²) in [6.45, 7) is 2.07. The molecule has 6 heteroatoms. The molecule has 0 spiro atoms. The first-order valence-electron chi connectivity index (χ1n) is 9.71. The summed E-state index contributed by atoms with van der Waals surface area (Å²) in [5, 5.41) is 34.9. The van der Waals surface area contributed by atoms with Gasteiger partial charge in [0.2, 0.25) is 5.91 Å². The molecule has 1 saturated carbocycles. The van der Waals surface area contributed by atoms with E-state index in [0.29, 0.717) is 5.92 Å². The fourth-order valence-corrected chi connectivity index (χ4v) is 4.49. The van der Waals surface area contributed by atoms with Crippen molar-refractivity contribution in [2.24, 2.45) is 5.92 Å². The topological polar surface area (TPSA) is 106 Å². The molecule has 2 aliphatic rings. The number of carbonyl (C=O) groups is 1. The average Bonchev–Trinajstić information content (AvgIpc) is 3.17. The normalized spacial score (nSPS) is 33.8. The Hall–Kier alpha value is -1.47. The molecule has 1 heterocycles. The van der Waals surface area contributed by atoms with E-state index in [1.807, 2.05) is 35.6 Å². The first-order valence-corrected chi connectivity index (χ1v) is 9.71. The molecule has 2 fully saturated rings. The quantitative estimate of drug-likeness (QED) is 0.486. The predicted octanol–water partition coefficient (Wildman–Crippen LogP) is -0.507. The molecule has 1 amide bonds. The number of rotatable bonds is 5. The highest BCUT2D eigenvalue weighted by Crippen LogP contribution is 2.37. The highest BCUT2D eigenvalue weighted by atomic mass is 16.4. The maximum absolute atomic E-state index is 13.0. The summed E-state index contributed by atoms with van der Waals surface area (Å²) in [5.74, 6) is 0.160. The van der Waals surface area contributed by atoms with Crippen LogP contribution in [0.5, 0.6) is 0 Å². The zero-order valence-electron chi connectivity index (χ0n) is 15.3. The molecule has 0 aromatic heterocycles. The van der Waals surface area contributed by atoms with Crippen molar-refractivity contribution in [1.29, 1.82) is 0 Å². The van der Waals surface area contributed by atoms with Gasteiger partial charge in [-0.1, -0.05) is 43.2 Å². The van der Waals surface area contributed by atoms with Crippen molar-refractivity contribution < 1.29 is 25.4 Å². The number of piperidine rings is 1. The van der Waals surface area contributed by atoms with Crippen LogP contribution >= 0.6 is 0 Å². The number of quaternary nitrogens is 1. The standard InChI is InChI=1S/C20H30N2O4/c1-12-17(23)19(25)18(24)15(22-12)11-21-20(26)16(14-9-5-6-10-14)13-7-3-2-4-8-13/h2-4,7-8,12,14-19,22-25H,5-6,9-11H2,1H3,(H,21,26)/p+1/t12-,15+,16+,17+,18+,19+/m0/s1. The van der Waals surface area contributed by atoms with Crippen molar-refractivity contribution in [3.05, 3.63) is 35.9 Å². The van der Waals surface area contributed by atoms with E-state index in [9.17, 15) is 20.1 Å². The second kappa shape index (κ2) is 8.48. The number of aliphatic hydroxyl groups excluding tert-OH is 3. The minimum atomic E-state index is -1.18. The summed E-state index contributed by atoms with van der Waals surface area (Å²) in [5.41, 5.74) is 1.04. The molecule has 0 bridgehead atoms. The Morgan fingerprint density at radius 2 is 1.77 bits per heavy atom. The number of nitrogens with two attached hydrogens (primary N) is 1. The molecule has 1 aliphatic heterocycles. The van der Waals surface area contributed by atoms with Crippen LogP contribution in [0.3, 0.4) is 0 Å². The Balaban J connectivity index is 1.66. The number of aliphatic hydroxyl groups is 3. The van der Waals surface area contributed by atoms with Gasteiger partial charge in [0.05, 0.1) is 12.5 Å². The fourth-order valence-electron chi connectivity index (χ4n) is 4.49. The molecule has 6 atom stereocenters. The largest absolute Gasteiger partial charge is 0.387 e. The third-order valence-corrected chi connectivity index (χ3v) is 6.05. The fraction of sp³-hybridized carbons (Fsp3) is 0.650. The molecule has 0 radical (unpaired) electrons. The van der Waals surface area contributed by atoms with Gasteiger partial charge in [-0.15, -0.1) is 0 Å². The molecular weight excluding hydrogens is 332 g/mol. The van der Waals surface area contributed by atoms with Gasteiger partial charge < -0.3 is 26.0 Å². The average molecular weight is 363 g/mol. The Morgan fingerprint density at radius 3 is 2.42 bits per heavy atom. The van der Waals surface area contributed by atoms with Crippen LogP contribution in [-0.4, -0.2) is 58.2 Å². The molecule has 6 nitrogen and oxygen atoms in total. The van der Waals surface area contributed by atoms with Crippen LogP contribution < -0.4 is 10.6 Å². The predicted molar refractivity (Wildman–Crippen MR) is 97.3 cm³/mol. The van der Waals surface area contributed by atoms with Gasteiger partial charge in [0.25, 0.3) is 0 Å². The van der Waals surface area contributed by atoms with Crippen LogP contribution in [0.4, 0.5) is 0 Å². The molecule has 3 rings (SSSR count). The highest BCUT2D eigenvalue weighted by Gasteiger charge is 2.44. The van der Waals surface area contributed by atoms with Gasteiger partial charge in [-0.3, -0.25) is 4.79 Å². The molecule has 1 aromatic rings. The van der Waals surface area contributed by atoms with Crippen molar-refractivity contribution in [1.82, 2.24) is 5.32 Å². The minimum absolute atomic E-state index is 0.0167. The first-order chi connectivity index (χ1) is 12.5. The van der Waals surface area contributed by atoms with Crippen LogP contribution in [-0.2, 0) is 4.79 Å². The van der Waals surface area contributed by atoms with Crippen LogP contribution in [0.25, 0.3) is 0 Å². The molecule has 0 unspecified atom stereocenters. The molecule has 1 aromatic carbocycles. The van der Waals surface area contributed by atoms with Crippen molar-refractivity contribution >= 4 is 5.91 Å². The number of carbonyl (C=O) groups excluding carboxylic acids is 1. The Bertz CT molecular complexity index is 591. The van der Waals surface area contributed by atoms with Crippen LogP contribution in [0.15, 0.2) is 30.3 Å². The SMILES string of the molecule is C[C@@H]1[NH2+][C@H](CNC(=O)[C@H](c2ccccc2)C2CCCC2)[C@@H](O)[C@H](O)[C@@H]1O. The number of benzene rings is 1. The van der Waals surface area contributed by atoms with E-state index in [-0.39, 0.29) is 30.5 Å². The van der Waals surface area contributed by atoms with Crippen molar-refractivity contribution in [2.45, 2.75) is 68.9 Å². The summed E-state index contributed by atoms with van der Waals surface area (Å²) in [6, 6.07) is 9.29. The molecule has 144 valence electrons. The van der Waals surface area contributed by atoms with E-state index in [1.165, 1.54) is 0 Å². The molecule has 26 heavy (non-hydrogen) atoms. The van der Waals surface area contributed by atoms with Gasteiger partial charge in [-0.2, -0.15) is 0 Å². The van der Waals surface area contributed by atoms with Crippen molar-refractivity contribution in [3.63, 3.8) is 0 Å². The van der Waals surface area contributed by atoms with Gasteiger partial charge in [0.15, 0.2) is 0 Å². The van der Waals surface area contributed by atoms with Crippen LogP contribution in [0.1, 0.15) is 44.1 Å². The molecule has 1 saturated heterocycles. The third-order valence-electron chi connectivity index (χ3n) is 6.05. The lowest BCUT2D eigenvalue weighted by Crippen LogP contribution is -3.03. The first kappa shape index (κ1) is 19.3. The van der Waals surface area contributed by atoms with Crippen LogP contribution in [0.2, 0.25) is 0 Å². The van der Waals surface area contributed by atoms with E-state index in [2.05, 4.69) is 5.32 Å².